The van der Waals surface area contributed by atoms with E-state index in [1.54, 1.807) is 0 Å². The highest BCUT2D eigenvalue weighted by Gasteiger charge is 2.23. The van der Waals surface area contributed by atoms with Gasteiger partial charge in [0.05, 0.1) is 0 Å². The second kappa shape index (κ2) is 6.86. The molecule has 1 N–H and O–H groups in total. The molecule has 0 aliphatic rings. The van der Waals surface area contributed by atoms with Gasteiger partial charge in [-0.2, -0.15) is 0 Å². The van der Waals surface area contributed by atoms with Crippen molar-refractivity contribution in [1.82, 2.24) is 15.2 Å². The minimum Gasteiger partial charge on any atom is -0.315 e. The smallest absolute Gasteiger partial charge is 0.0270 e. The van der Waals surface area contributed by atoms with Crippen molar-refractivity contribution in [3.8, 4) is 0 Å². The van der Waals surface area contributed by atoms with E-state index in [2.05, 4.69) is 55.2 Å². The highest BCUT2D eigenvalue weighted by Crippen LogP contribution is 2.19. The van der Waals surface area contributed by atoms with Crippen LogP contribution in [-0.2, 0) is 6.42 Å². The van der Waals surface area contributed by atoms with Gasteiger partial charge in [-0.05, 0) is 43.6 Å². The van der Waals surface area contributed by atoms with Crippen molar-refractivity contribution in [1.29, 1.82) is 0 Å². The first kappa shape index (κ1) is 15.1. The minimum absolute atomic E-state index is 0.291. The van der Waals surface area contributed by atoms with Crippen LogP contribution in [0, 0.1) is 5.41 Å². The summed E-state index contributed by atoms with van der Waals surface area (Å²) in [5.74, 6) is 0. The van der Waals surface area contributed by atoms with E-state index in [-0.39, 0.29) is 0 Å². The van der Waals surface area contributed by atoms with E-state index in [4.69, 9.17) is 0 Å². The van der Waals surface area contributed by atoms with E-state index >= 15 is 0 Å². The van der Waals surface area contributed by atoms with Crippen LogP contribution in [0.1, 0.15) is 26.3 Å². The Balaban J connectivity index is 2.39. The maximum absolute atomic E-state index is 4.04. The Kier molecular flexibility index (Phi) is 5.76. The predicted molar refractivity (Wildman–Crippen MR) is 77.7 cm³/mol. The normalized spacial score (nSPS) is 13.9. The van der Waals surface area contributed by atoms with Crippen molar-refractivity contribution in [2.24, 2.45) is 5.41 Å². The standard InChI is InChI=1S/C15H27N3/c1-15(2,3)14(16-4)12-18(5)11-8-13-6-9-17-10-7-13/h6-7,9-10,14,16H,8,11-12H2,1-5H3. The van der Waals surface area contributed by atoms with Crippen molar-refractivity contribution < 1.29 is 0 Å². The number of rotatable bonds is 6. The molecule has 0 amide bonds. The first-order chi connectivity index (χ1) is 8.43. The maximum Gasteiger partial charge on any atom is 0.0270 e. The van der Waals surface area contributed by atoms with Crippen LogP contribution in [0.25, 0.3) is 0 Å². The average Bonchev–Trinajstić information content (AvgIpc) is 2.33. The maximum atomic E-state index is 4.04. The van der Waals surface area contributed by atoms with Gasteiger partial charge in [-0.3, -0.25) is 4.98 Å². The van der Waals surface area contributed by atoms with Gasteiger partial charge in [0.2, 0.25) is 0 Å². The zero-order chi connectivity index (χ0) is 13.6. The zero-order valence-corrected chi connectivity index (χ0v) is 12.4. The summed E-state index contributed by atoms with van der Waals surface area (Å²) in [5.41, 5.74) is 1.65. The second-order valence-corrected chi connectivity index (χ2v) is 6.07. The van der Waals surface area contributed by atoms with Crippen LogP contribution in [0.2, 0.25) is 0 Å². The summed E-state index contributed by atoms with van der Waals surface area (Å²) in [4.78, 5) is 6.44. The Morgan fingerprint density at radius 2 is 1.89 bits per heavy atom. The van der Waals surface area contributed by atoms with Crippen molar-refractivity contribution in [2.45, 2.75) is 33.2 Å². The number of hydrogen-bond acceptors (Lipinski definition) is 3. The van der Waals surface area contributed by atoms with Crippen LogP contribution in [0.5, 0.6) is 0 Å². The second-order valence-electron chi connectivity index (χ2n) is 6.07. The van der Waals surface area contributed by atoms with E-state index in [0.717, 1.165) is 19.5 Å². The summed E-state index contributed by atoms with van der Waals surface area (Å²) in [5, 5.41) is 3.42. The van der Waals surface area contributed by atoms with E-state index in [1.165, 1.54) is 5.56 Å². The topological polar surface area (TPSA) is 28.2 Å². The number of likely N-dealkylation sites (N-methyl/N-ethyl adjacent to an activating group) is 2. The molecule has 0 radical (unpaired) electrons. The van der Waals surface area contributed by atoms with Crippen molar-refractivity contribution in [3.05, 3.63) is 30.1 Å². The molecule has 0 aliphatic carbocycles. The van der Waals surface area contributed by atoms with E-state index in [0.29, 0.717) is 11.5 Å². The summed E-state index contributed by atoms with van der Waals surface area (Å²) in [6.45, 7) is 9.00. The highest BCUT2D eigenvalue weighted by molar-refractivity contribution is 5.09. The molecule has 1 aromatic heterocycles. The predicted octanol–water partition coefficient (Wildman–Crippen LogP) is 2.19. The molecule has 0 fully saturated rings. The Bertz CT molecular complexity index is 329. The van der Waals surface area contributed by atoms with Gasteiger partial charge in [-0.1, -0.05) is 20.8 Å². The molecule has 0 saturated carbocycles. The fourth-order valence-corrected chi connectivity index (χ4v) is 2.07. The summed E-state index contributed by atoms with van der Waals surface area (Å²) < 4.78 is 0. The van der Waals surface area contributed by atoms with Gasteiger partial charge >= 0.3 is 0 Å². The van der Waals surface area contributed by atoms with Crippen LogP contribution >= 0.6 is 0 Å². The highest BCUT2D eigenvalue weighted by atomic mass is 15.1. The molecular weight excluding hydrogens is 222 g/mol. The Morgan fingerprint density at radius 1 is 1.28 bits per heavy atom. The SMILES string of the molecule is CNC(CN(C)CCc1ccncc1)C(C)(C)C. The third-order valence-electron chi connectivity index (χ3n) is 3.42. The van der Waals surface area contributed by atoms with E-state index < -0.39 is 0 Å². The molecule has 0 aliphatic heterocycles. The fourth-order valence-electron chi connectivity index (χ4n) is 2.07. The molecule has 3 heteroatoms. The van der Waals surface area contributed by atoms with Gasteiger partial charge in [0.25, 0.3) is 0 Å². The lowest BCUT2D eigenvalue weighted by atomic mass is 9.86. The number of nitrogens with one attached hydrogen (secondary N) is 1. The number of nitrogens with zero attached hydrogens (tertiary/aromatic N) is 2. The molecule has 0 saturated heterocycles. The molecule has 1 aromatic rings. The zero-order valence-electron chi connectivity index (χ0n) is 12.4. The molecular formula is C15H27N3. The van der Waals surface area contributed by atoms with Gasteiger partial charge in [0.1, 0.15) is 0 Å². The summed E-state index contributed by atoms with van der Waals surface area (Å²) in [6.07, 6.45) is 4.81. The van der Waals surface area contributed by atoms with Crippen LogP contribution in [-0.4, -0.2) is 43.1 Å². The van der Waals surface area contributed by atoms with Crippen molar-refractivity contribution >= 4 is 0 Å². The molecule has 3 nitrogen and oxygen atoms in total. The summed E-state index contributed by atoms with van der Waals surface area (Å²) in [7, 11) is 4.24. The number of pyridine rings is 1. The van der Waals surface area contributed by atoms with Gasteiger partial charge in [-0.15, -0.1) is 0 Å². The summed E-state index contributed by atoms with van der Waals surface area (Å²) >= 11 is 0. The molecule has 18 heavy (non-hydrogen) atoms. The molecule has 102 valence electrons. The molecule has 1 rings (SSSR count). The quantitative estimate of drug-likeness (QED) is 0.837. The average molecular weight is 249 g/mol. The van der Waals surface area contributed by atoms with E-state index in [9.17, 15) is 0 Å². The molecule has 1 unspecified atom stereocenters. The first-order valence-electron chi connectivity index (χ1n) is 6.68. The fraction of sp³-hybridized carbons (Fsp3) is 0.667. The van der Waals surface area contributed by atoms with Gasteiger partial charge in [0.15, 0.2) is 0 Å². The lowest BCUT2D eigenvalue weighted by Gasteiger charge is -2.33. The number of aromatic nitrogens is 1. The Labute approximate surface area is 112 Å². The molecule has 1 heterocycles. The van der Waals surface area contributed by atoms with Gasteiger partial charge in [-0.25, -0.2) is 0 Å². The van der Waals surface area contributed by atoms with E-state index in [1.807, 2.05) is 19.4 Å². The van der Waals surface area contributed by atoms with Crippen LogP contribution < -0.4 is 5.32 Å². The van der Waals surface area contributed by atoms with Crippen molar-refractivity contribution in [2.75, 3.05) is 27.2 Å². The van der Waals surface area contributed by atoms with Gasteiger partial charge in [0, 0.05) is 31.5 Å². The van der Waals surface area contributed by atoms with Crippen LogP contribution in [0.4, 0.5) is 0 Å². The van der Waals surface area contributed by atoms with Crippen LogP contribution in [0.15, 0.2) is 24.5 Å². The third-order valence-corrected chi connectivity index (χ3v) is 3.42. The largest absolute Gasteiger partial charge is 0.315 e. The molecule has 1 atom stereocenters. The first-order valence-corrected chi connectivity index (χ1v) is 6.68. The van der Waals surface area contributed by atoms with Crippen LogP contribution in [0.3, 0.4) is 0 Å². The molecule has 0 spiro atoms. The molecule has 0 bridgehead atoms. The Hall–Kier alpha value is -0.930. The van der Waals surface area contributed by atoms with Gasteiger partial charge < -0.3 is 10.2 Å². The number of hydrogen-bond donors (Lipinski definition) is 1. The Morgan fingerprint density at radius 3 is 2.39 bits per heavy atom. The lowest BCUT2D eigenvalue weighted by molar-refractivity contribution is 0.203. The lowest BCUT2D eigenvalue weighted by Crippen LogP contribution is -2.46. The molecule has 0 aromatic carbocycles. The monoisotopic (exact) mass is 249 g/mol. The van der Waals surface area contributed by atoms with Crippen molar-refractivity contribution in [3.63, 3.8) is 0 Å². The minimum atomic E-state index is 0.291. The third kappa shape index (κ3) is 5.15. The summed E-state index contributed by atoms with van der Waals surface area (Å²) in [6, 6.07) is 4.69.